The molecule has 108 valence electrons. The number of nitrogens with zero attached hydrogens (tertiary/aromatic N) is 1. The van der Waals surface area contributed by atoms with Crippen LogP contribution in [0.3, 0.4) is 0 Å². The van der Waals surface area contributed by atoms with Crippen LogP contribution >= 0.6 is 0 Å². The first-order valence-electron chi connectivity index (χ1n) is 5.93. The van der Waals surface area contributed by atoms with Gasteiger partial charge in [-0.1, -0.05) is 6.07 Å². The van der Waals surface area contributed by atoms with Crippen LogP contribution in [0, 0.1) is 5.82 Å². The van der Waals surface area contributed by atoms with E-state index in [1.165, 1.54) is 24.7 Å². The van der Waals surface area contributed by atoms with Crippen LogP contribution in [0.2, 0.25) is 0 Å². The molecule has 0 radical (unpaired) electrons. The summed E-state index contributed by atoms with van der Waals surface area (Å²) < 4.78 is 40.2. The summed E-state index contributed by atoms with van der Waals surface area (Å²) in [6.07, 6.45) is 2.94. The maximum Gasteiger partial charge on any atom is 0.243 e. The van der Waals surface area contributed by atoms with Crippen molar-refractivity contribution in [2.75, 3.05) is 7.05 Å². The second kappa shape index (κ2) is 6.12. The molecule has 0 fully saturated rings. The third-order valence-electron chi connectivity index (χ3n) is 2.67. The van der Waals surface area contributed by atoms with Crippen molar-refractivity contribution in [2.45, 2.75) is 18.0 Å². The molecular weight excluding hydrogens is 283 g/mol. The number of sulfonamides is 1. The van der Waals surface area contributed by atoms with Gasteiger partial charge in [0.1, 0.15) is 10.7 Å². The predicted octanol–water partition coefficient (Wildman–Crippen LogP) is 0.747. The van der Waals surface area contributed by atoms with Gasteiger partial charge in [-0.25, -0.2) is 22.5 Å². The van der Waals surface area contributed by atoms with Crippen molar-refractivity contribution in [3.63, 3.8) is 0 Å². The maximum absolute atomic E-state index is 13.9. The van der Waals surface area contributed by atoms with Crippen molar-refractivity contribution in [2.24, 2.45) is 0 Å². The Morgan fingerprint density at radius 2 is 2.15 bits per heavy atom. The SMILES string of the molecule is CNCc1ccc(S(=O)(=O)NCc2cnc[nH]2)c(F)c1. The van der Waals surface area contributed by atoms with Crippen LogP contribution < -0.4 is 10.0 Å². The summed E-state index contributed by atoms with van der Waals surface area (Å²) in [5, 5.41) is 2.87. The molecule has 6 nitrogen and oxygen atoms in total. The fraction of sp³-hybridized carbons (Fsp3) is 0.250. The number of rotatable bonds is 6. The lowest BCUT2D eigenvalue weighted by molar-refractivity contribution is 0.555. The van der Waals surface area contributed by atoms with Gasteiger partial charge in [0.05, 0.1) is 12.9 Å². The van der Waals surface area contributed by atoms with Crippen LogP contribution in [0.25, 0.3) is 0 Å². The average Bonchev–Trinajstić information content (AvgIpc) is 2.90. The van der Waals surface area contributed by atoms with Crippen molar-refractivity contribution in [3.8, 4) is 0 Å². The smallest absolute Gasteiger partial charge is 0.243 e. The predicted molar refractivity (Wildman–Crippen MR) is 71.8 cm³/mol. The zero-order valence-electron chi connectivity index (χ0n) is 10.9. The van der Waals surface area contributed by atoms with Crippen molar-refractivity contribution in [1.82, 2.24) is 20.0 Å². The maximum atomic E-state index is 13.9. The van der Waals surface area contributed by atoms with Gasteiger partial charge in [-0.15, -0.1) is 0 Å². The fourth-order valence-electron chi connectivity index (χ4n) is 1.71. The Morgan fingerprint density at radius 3 is 2.75 bits per heavy atom. The van der Waals surface area contributed by atoms with Crippen LogP contribution in [-0.4, -0.2) is 25.4 Å². The molecule has 1 aromatic carbocycles. The summed E-state index contributed by atoms with van der Waals surface area (Å²) in [7, 11) is -2.16. The number of halogens is 1. The van der Waals surface area contributed by atoms with E-state index in [1.54, 1.807) is 13.1 Å². The van der Waals surface area contributed by atoms with Crippen LogP contribution in [-0.2, 0) is 23.1 Å². The number of H-pyrrole nitrogens is 1. The zero-order chi connectivity index (χ0) is 14.6. The van der Waals surface area contributed by atoms with Crippen LogP contribution in [0.1, 0.15) is 11.3 Å². The van der Waals surface area contributed by atoms with Crippen molar-refractivity contribution >= 4 is 10.0 Å². The van der Waals surface area contributed by atoms with E-state index in [2.05, 4.69) is 20.0 Å². The minimum atomic E-state index is -3.89. The molecule has 2 aromatic rings. The summed E-state index contributed by atoms with van der Waals surface area (Å²) in [6, 6.07) is 4.04. The molecule has 0 saturated heterocycles. The van der Waals surface area contributed by atoms with Gasteiger partial charge in [0, 0.05) is 18.4 Å². The lowest BCUT2D eigenvalue weighted by Crippen LogP contribution is -2.24. The summed E-state index contributed by atoms with van der Waals surface area (Å²) in [4.78, 5) is 6.17. The summed E-state index contributed by atoms with van der Waals surface area (Å²) >= 11 is 0. The van der Waals surface area contributed by atoms with Gasteiger partial charge < -0.3 is 10.3 Å². The first-order chi connectivity index (χ1) is 9.53. The van der Waals surface area contributed by atoms with Gasteiger partial charge in [0.15, 0.2) is 0 Å². The third kappa shape index (κ3) is 3.41. The number of hydrogen-bond acceptors (Lipinski definition) is 4. The summed E-state index contributed by atoms with van der Waals surface area (Å²) in [5.41, 5.74) is 1.28. The van der Waals surface area contributed by atoms with Gasteiger partial charge >= 0.3 is 0 Å². The Bertz CT molecular complexity index is 671. The third-order valence-corrected chi connectivity index (χ3v) is 4.11. The molecule has 0 bridgehead atoms. The Hall–Kier alpha value is -1.77. The molecule has 0 spiro atoms. The van der Waals surface area contributed by atoms with E-state index in [0.29, 0.717) is 17.8 Å². The van der Waals surface area contributed by atoms with Crippen molar-refractivity contribution < 1.29 is 12.8 Å². The molecule has 0 saturated carbocycles. The first kappa shape index (κ1) is 14.6. The van der Waals surface area contributed by atoms with E-state index in [9.17, 15) is 12.8 Å². The summed E-state index contributed by atoms with van der Waals surface area (Å²) in [6.45, 7) is 0.499. The molecule has 2 rings (SSSR count). The fourth-order valence-corrected chi connectivity index (χ4v) is 2.77. The van der Waals surface area contributed by atoms with Crippen molar-refractivity contribution in [3.05, 3.63) is 47.8 Å². The van der Waals surface area contributed by atoms with Gasteiger partial charge in [0.25, 0.3) is 0 Å². The minimum absolute atomic E-state index is 0.0278. The van der Waals surface area contributed by atoms with E-state index in [4.69, 9.17) is 0 Å². The quantitative estimate of drug-likeness (QED) is 0.734. The van der Waals surface area contributed by atoms with Crippen LogP contribution in [0.4, 0.5) is 4.39 Å². The molecule has 3 N–H and O–H groups in total. The monoisotopic (exact) mass is 298 g/mol. The van der Waals surface area contributed by atoms with E-state index in [1.807, 2.05) is 0 Å². The highest BCUT2D eigenvalue weighted by Gasteiger charge is 2.19. The largest absolute Gasteiger partial charge is 0.347 e. The minimum Gasteiger partial charge on any atom is -0.347 e. The molecule has 0 aliphatic rings. The average molecular weight is 298 g/mol. The van der Waals surface area contributed by atoms with E-state index < -0.39 is 15.8 Å². The molecule has 1 aromatic heterocycles. The van der Waals surface area contributed by atoms with Gasteiger partial charge in [-0.3, -0.25) is 0 Å². The Labute approximate surface area is 116 Å². The molecule has 0 atom stereocenters. The number of benzene rings is 1. The topological polar surface area (TPSA) is 86.9 Å². The second-order valence-corrected chi connectivity index (χ2v) is 5.93. The highest BCUT2D eigenvalue weighted by molar-refractivity contribution is 7.89. The normalized spacial score (nSPS) is 11.7. The van der Waals surface area contributed by atoms with Crippen molar-refractivity contribution in [1.29, 1.82) is 0 Å². The molecule has 1 heterocycles. The Morgan fingerprint density at radius 1 is 1.35 bits per heavy atom. The highest BCUT2D eigenvalue weighted by Crippen LogP contribution is 2.16. The standard InChI is InChI=1S/C12H15FN4O2S/c1-14-5-9-2-3-12(11(13)4-9)20(18,19)17-7-10-6-15-8-16-10/h2-4,6,8,14,17H,5,7H2,1H3,(H,15,16). The number of nitrogens with one attached hydrogen (secondary N) is 3. The number of imidazole rings is 1. The van der Waals surface area contributed by atoms with Crippen LogP contribution in [0.5, 0.6) is 0 Å². The van der Waals surface area contributed by atoms with E-state index in [0.717, 1.165) is 0 Å². The highest BCUT2D eigenvalue weighted by atomic mass is 32.2. The van der Waals surface area contributed by atoms with Crippen LogP contribution in [0.15, 0.2) is 35.6 Å². The number of aromatic amines is 1. The molecule has 0 aliphatic heterocycles. The Kier molecular flexibility index (Phi) is 4.48. The van der Waals surface area contributed by atoms with Gasteiger partial charge in [-0.2, -0.15) is 0 Å². The summed E-state index contributed by atoms with van der Waals surface area (Å²) in [5.74, 6) is -0.769. The second-order valence-electron chi connectivity index (χ2n) is 4.20. The lowest BCUT2D eigenvalue weighted by atomic mass is 10.2. The molecule has 20 heavy (non-hydrogen) atoms. The zero-order valence-corrected chi connectivity index (χ0v) is 11.7. The first-order valence-corrected chi connectivity index (χ1v) is 7.41. The number of hydrogen-bond donors (Lipinski definition) is 3. The van der Waals surface area contributed by atoms with E-state index >= 15 is 0 Å². The molecule has 0 unspecified atom stereocenters. The molecule has 0 amide bonds. The molecule has 8 heteroatoms. The molecule has 0 aliphatic carbocycles. The van der Waals surface area contributed by atoms with Gasteiger partial charge in [-0.05, 0) is 24.7 Å². The van der Waals surface area contributed by atoms with Gasteiger partial charge in [0.2, 0.25) is 10.0 Å². The molecular formula is C12H15FN4O2S. The Balaban J connectivity index is 2.16. The number of aromatic nitrogens is 2. The lowest BCUT2D eigenvalue weighted by Gasteiger charge is -2.08. The van der Waals surface area contributed by atoms with E-state index in [-0.39, 0.29) is 11.4 Å².